The van der Waals surface area contributed by atoms with Gasteiger partial charge in [0.1, 0.15) is 5.02 Å². The summed E-state index contributed by atoms with van der Waals surface area (Å²) in [6, 6.07) is 1.01. The Morgan fingerprint density at radius 1 is 1.50 bits per heavy atom. The van der Waals surface area contributed by atoms with Gasteiger partial charge in [0.15, 0.2) is 5.82 Å². The highest BCUT2D eigenvalue weighted by molar-refractivity contribution is 6.32. The molecule has 1 aromatic heterocycles. The van der Waals surface area contributed by atoms with E-state index in [-0.39, 0.29) is 0 Å². The van der Waals surface area contributed by atoms with Crippen molar-refractivity contribution in [2.75, 3.05) is 30.8 Å². The fraction of sp³-hybridized carbons (Fsp3) is 0.714. The number of nitrogens with zero attached hydrogens (tertiary/aromatic N) is 3. The van der Waals surface area contributed by atoms with Crippen molar-refractivity contribution in [1.82, 2.24) is 14.9 Å². The number of likely N-dealkylation sites (tertiary alicyclic amines) is 1. The lowest BCUT2D eigenvalue weighted by atomic mass is 9.99. The van der Waals surface area contributed by atoms with Gasteiger partial charge in [0.2, 0.25) is 5.95 Å². The first kappa shape index (κ1) is 15.3. The van der Waals surface area contributed by atoms with Crippen LogP contribution < -0.4 is 10.6 Å². The zero-order valence-corrected chi connectivity index (χ0v) is 13.2. The summed E-state index contributed by atoms with van der Waals surface area (Å²) in [7, 11) is 2.17. The van der Waals surface area contributed by atoms with Gasteiger partial charge in [-0.3, -0.25) is 0 Å². The van der Waals surface area contributed by atoms with E-state index in [4.69, 9.17) is 11.6 Å². The Morgan fingerprint density at radius 2 is 2.30 bits per heavy atom. The molecule has 2 unspecified atom stereocenters. The average molecular weight is 298 g/mol. The number of rotatable bonds is 5. The van der Waals surface area contributed by atoms with Crippen LogP contribution in [-0.2, 0) is 0 Å². The summed E-state index contributed by atoms with van der Waals surface area (Å²) in [6.07, 6.45) is 4.92. The van der Waals surface area contributed by atoms with E-state index in [1.807, 2.05) is 0 Å². The lowest BCUT2D eigenvalue weighted by Gasteiger charge is -2.35. The quantitative estimate of drug-likeness (QED) is 0.875. The minimum absolute atomic E-state index is 0.424. The molecule has 1 saturated heterocycles. The monoisotopic (exact) mass is 297 g/mol. The zero-order valence-electron chi connectivity index (χ0n) is 12.5. The first-order valence-electron chi connectivity index (χ1n) is 7.33. The standard InChI is InChI=1S/C14H24ClN5/c1-4-6-16-14-17-9-12(15)13(19-14)18-11-5-7-20(3)10(2)8-11/h9-11H,4-8H2,1-3H3,(H2,16,17,18,19). The molecule has 1 fully saturated rings. The number of anilines is 2. The molecule has 2 rings (SSSR count). The molecule has 0 saturated carbocycles. The Hall–Kier alpha value is -1.07. The molecule has 1 aliphatic heterocycles. The third-order valence-electron chi connectivity index (χ3n) is 3.83. The lowest BCUT2D eigenvalue weighted by molar-refractivity contribution is 0.190. The SMILES string of the molecule is CCCNc1ncc(Cl)c(NC2CCN(C)C(C)C2)n1. The number of nitrogens with one attached hydrogen (secondary N) is 2. The number of hydrogen-bond acceptors (Lipinski definition) is 5. The maximum Gasteiger partial charge on any atom is 0.224 e. The molecular weight excluding hydrogens is 274 g/mol. The largest absolute Gasteiger partial charge is 0.366 e. The Balaban J connectivity index is 2.01. The molecule has 6 heteroatoms. The van der Waals surface area contributed by atoms with Gasteiger partial charge >= 0.3 is 0 Å². The second-order valence-electron chi connectivity index (χ2n) is 5.51. The van der Waals surface area contributed by atoms with E-state index in [9.17, 15) is 0 Å². The topological polar surface area (TPSA) is 53.1 Å². The average Bonchev–Trinajstić information content (AvgIpc) is 2.44. The van der Waals surface area contributed by atoms with Crippen LogP contribution in [0, 0.1) is 0 Å². The number of aromatic nitrogens is 2. The van der Waals surface area contributed by atoms with Gasteiger partial charge in [-0.25, -0.2) is 4.98 Å². The highest BCUT2D eigenvalue weighted by atomic mass is 35.5. The van der Waals surface area contributed by atoms with Gasteiger partial charge in [-0.05, 0) is 33.2 Å². The molecule has 1 aliphatic rings. The van der Waals surface area contributed by atoms with Crippen LogP contribution >= 0.6 is 11.6 Å². The molecule has 5 nitrogen and oxygen atoms in total. The summed E-state index contributed by atoms with van der Waals surface area (Å²) in [4.78, 5) is 11.0. The maximum absolute atomic E-state index is 6.19. The van der Waals surface area contributed by atoms with Gasteiger partial charge in [0.25, 0.3) is 0 Å². The molecule has 2 atom stereocenters. The molecule has 1 aromatic rings. The van der Waals surface area contributed by atoms with Crippen LogP contribution in [0.25, 0.3) is 0 Å². The third-order valence-corrected chi connectivity index (χ3v) is 4.10. The van der Waals surface area contributed by atoms with Crippen LogP contribution in [-0.4, -0.2) is 47.1 Å². The van der Waals surface area contributed by atoms with Gasteiger partial charge in [-0.2, -0.15) is 4.98 Å². The van der Waals surface area contributed by atoms with Crippen molar-refractivity contribution in [3.8, 4) is 0 Å². The number of hydrogen-bond donors (Lipinski definition) is 2. The summed E-state index contributed by atoms with van der Waals surface area (Å²) in [5.41, 5.74) is 0. The molecule has 20 heavy (non-hydrogen) atoms. The first-order chi connectivity index (χ1) is 9.60. The molecule has 0 radical (unpaired) electrons. The Kier molecular flexibility index (Phi) is 5.43. The predicted molar refractivity (Wildman–Crippen MR) is 84.6 cm³/mol. The van der Waals surface area contributed by atoms with Crippen LogP contribution in [0.5, 0.6) is 0 Å². The second kappa shape index (κ2) is 7.09. The van der Waals surface area contributed by atoms with E-state index in [1.54, 1.807) is 6.20 Å². The van der Waals surface area contributed by atoms with Gasteiger partial charge in [-0.15, -0.1) is 0 Å². The summed E-state index contributed by atoms with van der Waals surface area (Å²) in [6.45, 7) is 6.33. The van der Waals surface area contributed by atoms with Gasteiger partial charge in [-0.1, -0.05) is 18.5 Å². The van der Waals surface area contributed by atoms with Gasteiger partial charge < -0.3 is 15.5 Å². The van der Waals surface area contributed by atoms with Crippen molar-refractivity contribution < 1.29 is 0 Å². The maximum atomic E-state index is 6.19. The van der Waals surface area contributed by atoms with Crippen LogP contribution in [0.4, 0.5) is 11.8 Å². The lowest BCUT2D eigenvalue weighted by Crippen LogP contribution is -2.42. The van der Waals surface area contributed by atoms with Crippen molar-refractivity contribution in [3.05, 3.63) is 11.2 Å². The van der Waals surface area contributed by atoms with E-state index in [1.165, 1.54) is 0 Å². The minimum atomic E-state index is 0.424. The Bertz CT molecular complexity index is 440. The third kappa shape index (κ3) is 3.96. The second-order valence-corrected chi connectivity index (χ2v) is 5.92. The highest BCUT2D eigenvalue weighted by Gasteiger charge is 2.23. The number of piperidine rings is 1. The van der Waals surface area contributed by atoms with Crippen LogP contribution in [0.1, 0.15) is 33.1 Å². The molecule has 112 valence electrons. The van der Waals surface area contributed by atoms with Gasteiger partial charge in [0, 0.05) is 25.2 Å². The van der Waals surface area contributed by atoms with Gasteiger partial charge in [0.05, 0.1) is 6.20 Å². The molecule has 2 N–H and O–H groups in total. The summed E-state index contributed by atoms with van der Waals surface area (Å²) in [5.74, 6) is 1.38. The fourth-order valence-electron chi connectivity index (χ4n) is 2.40. The Morgan fingerprint density at radius 3 is 3.00 bits per heavy atom. The predicted octanol–water partition coefficient (Wildman–Crippen LogP) is 2.85. The molecular formula is C14H24ClN5. The summed E-state index contributed by atoms with van der Waals surface area (Å²) in [5, 5.41) is 7.24. The smallest absolute Gasteiger partial charge is 0.224 e. The molecule has 0 spiro atoms. The van der Waals surface area contributed by atoms with E-state index in [2.05, 4.69) is 46.4 Å². The summed E-state index contributed by atoms with van der Waals surface area (Å²) < 4.78 is 0. The van der Waals surface area contributed by atoms with E-state index >= 15 is 0 Å². The molecule has 0 aliphatic carbocycles. The van der Waals surface area contributed by atoms with E-state index < -0.39 is 0 Å². The number of halogens is 1. The normalized spacial score (nSPS) is 23.6. The summed E-state index contributed by atoms with van der Waals surface area (Å²) >= 11 is 6.19. The van der Waals surface area contributed by atoms with Crippen molar-refractivity contribution in [2.45, 2.75) is 45.2 Å². The van der Waals surface area contributed by atoms with E-state index in [0.717, 1.165) is 38.2 Å². The molecule has 0 aromatic carbocycles. The van der Waals surface area contributed by atoms with E-state index in [0.29, 0.717) is 23.1 Å². The zero-order chi connectivity index (χ0) is 14.5. The first-order valence-corrected chi connectivity index (χ1v) is 7.71. The van der Waals surface area contributed by atoms with Crippen LogP contribution in [0.3, 0.4) is 0 Å². The van der Waals surface area contributed by atoms with Crippen molar-refractivity contribution in [1.29, 1.82) is 0 Å². The van der Waals surface area contributed by atoms with Crippen molar-refractivity contribution in [3.63, 3.8) is 0 Å². The minimum Gasteiger partial charge on any atom is -0.366 e. The molecule has 0 amide bonds. The molecule has 0 bridgehead atoms. The van der Waals surface area contributed by atoms with Crippen molar-refractivity contribution in [2.24, 2.45) is 0 Å². The Labute approximate surface area is 126 Å². The van der Waals surface area contributed by atoms with Crippen LogP contribution in [0.2, 0.25) is 5.02 Å². The van der Waals surface area contributed by atoms with Crippen LogP contribution in [0.15, 0.2) is 6.20 Å². The fourth-order valence-corrected chi connectivity index (χ4v) is 2.55. The molecule has 2 heterocycles. The van der Waals surface area contributed by atoms with Crippen molar-refractivity contribution >= 4 is 23.4 Å². The highest BCUT2D eigenvalue weighted by Crippen LogP contribution is 2.24.